The molecule has 1 heterocycles. The number of carbonyl (C=O) groups is 1. The highest BCUT2D eigenvalue weighted by Crippen LogP contribution is 2.29. The Morgan fingerprint density at radius 2 is 1.83 bits per heavy atom. The predicted molar refractivity (Wildman–Crippen MR) is 94.7 cm³/mol. The van der Waals surface area contributed by atoms with Crippen molar-refractivity contribution in [1.29, 1.82) is 0 Å². The van der Waals surface area contributed by atoms with Gasteiger partial charge in [0.2, 0.25) is 0 Å². The number of carbonyl (C=O) groups excluding carboxylic acids is 1. The molecule has 126 valence electrons. The number of rotatable bonds is 2. The summed E-state index contributed by atoms with van der Waals surface area (Å²) in [4.78, 5) is 20.4. The van der Waals surface area contributed by atoms with E-state index in [1.807, 2.05) is 44.3 Å². The lowest BCUT2D eigenvalue weighted by Crippen LogP contribution is -2.53. The maximum atomic E-state index is 12.8. The van der Waals surface area contributed by atoms with Crippen LogP contribution in [0.15, 0.2) is 54.6 Å². The lowest BCUT2D eigenvalue weighted by atomic mass is 10.1. The Bertz CT molecular complexity index is 693. The van der Waals surface area contributed by atoms with Crippen LogP contribution in [0, 0.1) is 0 Å². The second-order valence-corrected chi connectivity index (χ2v) is 6.29. The summed E-state index contributed by atoms with van der Waals surface area (Å²) in [6.07, 6.45) is -0.459. The molecule has 0 saturated carbocycles. The van der Waals surface area contributed by atoms with Gasteiger partial charge in [-0.25, -0.2) is 4.79 Å². The number of likely N-dealkylation sites (N-methyl/N-ethyl adjacent to an activating group) is 1. The molecule has 0 aromatic heterocycles. The Hall–Kier alpha value is -2.08. The van der Waals surface area contributed by atoms with E-state index in [0.29, 0.717) is 17.3 Å². The Morgan fingerprint density at radius 1 is 1.17 bits per heavy atom. The molecular weight excluding hydrogens is 326 g/mol. The zero-order chi connectivity index (χ0) is 17.1. The average molecular weight is 346 g/mol. The largest absolute Gasteiger partial charge is 0.324 e. The van der Waals surface area contributed by atoms with Crippen LogP contribution < -0.4 is 5.32 Å². The van der Waals surface area contributed by atoms with Gasteiger partial charge in [-0.3, -0.25) is 9.74 Å². The zero-order valence-electron chi connectivity index (χ0n) is 13.6. The van der Waals surface area contributed by atoms with E-state index in [9.17, 15) is 4.79 Å². The van der Waals surface area contributed by atoms with Gasteiger partial charge in [-0.15, -0.1) is 0 Å². The first-order chi connectivity index (χ1) is 11.5. The van der Waals surface area contributed by atoms with Gasteiger partial charge in [-0.2, -0.15) is 5.06 Å². The minimum absolute atomic E-state index is 0.0981. The molecule has 1 saturated heterocycles. The number of hydroxylamine groups is 2. The topological polar surface area (TPSA) is 44.8 Å². The van der Waals surface area contributed by atoms with Crippen LogP contribution >= 0.6 is 11.6 Å². The number of nitrogens with zero attached hydrogens (tertiary/aromatic N) is 2. The third-order valence-corrected chi connectivity index (χ3v) is 4.32. The quantitative estimate of drug-likeness (QED) is 0.889. The molecule has 0 unspecified atom stereocenters. The number of halogens is 1. The Balaban J connectivity index is 1.81. The fourth-order valence-corrected chi connectivity index (χ4v) is 2.72. The maximum absolute atomic E-state index is 12.8. The fourth-order valence-electron chi connectivity index (χ4n) is 2.59. The van der Waals surface area contributed by atoms with Crippen LogP contribution in [0.1, 0.15) is 18.7 Å². The van der Waals surface area contributed by atoms with Crippen molar-refractivity contribution in [2.24, 2.45) is 0 Å². The summed E-state index contributed by atoms with van der Waals surface area (Å²) < 4.78 is 0. The van der Waals surface area contributed by atoms with Gasteiger partial charge in [0.15, 0.2) is 6.23 Å². The Labute approximate surface area is 146 Å². The van der Waals surface area contributed by atoms with E-state index in [-0.39, 0.29) is 12.1 Å². The SMILES string of the molecule is C[C@@H]1CN(C(=O)Nc2ccc(Cl)cc2)[C@H](c2ccccc2)ON1C. The zero-order valence-corrected chi connectivity index (χ0v) is 14.4. The highest BCUT2D eigenvalue weighted by atomic mass is 35.5. The molecule has 3 rings (SSSR count). The van der Waals surface area contributed by atoms with Crippen LogP contribution in [-0.4, -0.2) is 35.6 Å². The Morgan fingerprint density at radius 3 is 2.50 bits per heavy atom. The number of nitrogens with one attached hydrogen (secondary N) is 1. The summed E-state index contributed by atoms with van der Waals surface area (Å²) in [6.45, 7) is 2.58. The number of benzene rings is 2. The summed E-state index contributed by atoms with van der Waals surface area (Å²) in [5.74, 6) is 0. The number of anilines is 1. The van der Waals surface area contributed by atoms with E-state index in [1.165, 1.54) is 0 Å². The lowest BCUT2D eigenvalue weighted by Gasteiger charge is -2.42. The minimum Gasteiger partial charge on any atom is -0.308 e. The highest BCUT2D eigenvalue weighted by Gasteiger charge is 2.35. The number of urea groups is 1. The van der Waals surface area contributed by atoms with Gasteiger partial charge in [-0.05, 0) is 31.2 Å². The van der Waals surface area contributed by atoms with Crippen LogP contribution in [-0.2, 0) is 4.84 Å². The van der Waals surface area contributed by atoms with Gasteiger partial charge >= 0.3 is 6.03 Å². The molecule has 1 fully saturated rings. The van der Waals surface area contributed by atoms with Gasteiger partial charge < -0.3 is 5.32 Å². The summed E-state index contributed by atoms with van der Waals surface area (Å²) in [5, 5.41) is 5.33. The normalized spacial score (nSPS) is 21.5. The van der Waals surface area contributed by atoms with Crippen molar-refractivity contribution in [2.45, 2.75) is 19.2 Å². The second kappa shape index (κ2) is 7.21. The van der Waals surface area contributed by atoms with E-state index < -0.39 is 6.23 Å². The highest BCUT2D eigenvalue weighted by molar-refractivity contribution is 6.30. The number of hydrogen-bond donors (Lipinski definition) is 1. The first-order valence-corrected chi connectivity index (χ1v) is 8.20. The maximum Gasteiger partial charge on any atom is 0.324 e. The third kappa shape index (κ3) is 3.70. The molecule has 2 atom stereocenters. The molecule has 1 N–H and O–H groups in total. The molecule has 0 bridgehead atoms. The van der Waals surface area contributed by atoms with Crippen LogP contribution in [0.25, 0.3) is 0 Å². The van der Waals surface area contributed by atoms with Crippen molar-refractivity contribution >= 4 is 23.3 Å². The van der Waals surface area contributed by atoms with Crippen molar-refractivity contribution < 1.29 is 9.63 Å². The van der Waals surface area contributed by atoms with E-state index in [1.54, 1.807) is 34.2 Å². The lowest BCUT2D eigenvalue weighted by molar-refractivity contribution is -0.272. The summed E-state index contributed by atoms with van der Waals surface area (Å²) >= 11 is 5.89. The molecule has 6 heteroatoms. The smallest absolute Gasteiger partial charge is 0.308 e. The standard InChI is InChI=1S/C18H20ClN3O2/c1-13-12-22(18(23)20-16-10-8-15(19)9-11-16)17(24-21(13)2)14-6-4-3-5-7-14/h3-11,13,17H,12H2,1-2H3,(H,20,23)/t13-,17+/m1/s1. The molecule has 1 aliphatic rings. The molecule has 1 aliphatic heterocycles. The molecule has 2 aromatic carbocycles. The summed E-state index contributed by atoms with van der Waals surface area (Å²) in [7, 11) is 1.88. The first kappa shape index (κ1) is 16.8. The number of hydrogen-bond acceptors (Lipinski definition) is 3. The van der Waals surface area contributed by atoms with Crippen LogP contribution in [0.5, 0.6) is 0 Å². The van der Waals surface area contributed by atoms with Crippen LogP contribution in [0.4, 0.5) is 10.5 Å². The predicted octanol–water partition coefficient (Wildman–Crippen LogP) is 4.14. The average Bonchev–Trinajstić information content (AvgIpc) is 2.59. The monoisotopic (exact) mass is 345 g/mol. The molecule has 2 amide bonds. The Kier molecular flexibility index (Phi) is 5.04. The van der Waals surface area contributed by atoms with Crippen molar-refractivity contribution in [2.75, 3.05) is 18.9 Å². The molecule has 2 aromatic rings. The molecule has 0 spiro atoms. The van der Waals surface area contributed by atoms with Crippen LogP contribution in [0.2, 0.25) is 5.02 Å². The minimum atomic E-state index is -0.459. The van der Waals surface area contributed by atoms with Crippen molar-refractivity contribution in [3.05, 3.63) is 65.2 Å². The van der Waals surface area contributed by atoms with Crippen molar-refractivity contribution in [3.63, 3.8) is 0 Å². The molecular formula is C18H20ClN3O2. The molecule has 24 heavy (non-hydrogen) atoms. The molecule has 0 radical (unpaired) electrons. The van der Waals surface area contributed by atoms with Crippen molar-refractivity contribution in [3.8, 4) is 0 Å². The first-order valence-electron chi connectivity index (χ1n) is 7.82. The van der Waals surface area contributed by atoms with E-state index >= 15 is 0 Å². The molecule has 5 nitrogen and oxygen atoms in total. The van der Waals surface area contributed by atoms with E-state index in [2.05, 4.69) is 5.32 Å². The van der Waals surface area contributed by atoms with E-state index in [0.717, 1.165) is 5.56 Å². The van der Waals surface area contributed by atoms with E-state index in [4.69, 9.17) is 16.4 Å². The summed E-state index contributed by atoms with van der Waals surface area (Å²) in [6, 6.07) is 16.7. The molecule has 0 aliphatic carbocycles. The van der Waals surface area contributed by atoms with Gasteiger partial charge in [0.25, 0.3) is 0 Å². The number of amides is 2. The van der Waals surface area contributed by atoms with Crippen molar-refractivity contribution in [1.82, 2.24) is 9.96 Å². The van der Waals surface area contributed by atoms with Gasteiger partial charge in [0, 0.05) is 29.9 Å². The summed E-state index contributed by atoms with van der Waals surface area (Å²) in [5.41, 5.74) is 1.63. The van der Waals surface area contributed by atoms with Crippen LogP contribution in [0.3, 0.4) is 0 Å². The van der Waals surface area contributed by atoms with Gasteiger partial charge in [0.05, 0.1) is 6.04 Å². The second-order valence-electron chi connectivity index (χ2n) is 5.85. The fraction of sp³-hybridized carbons (Fsp3) is 0.278. The third-order valence-electron chi connectivity index (χ3n) is 4.07. The van der Waals surface area contributed by atoms with Gasteiger partial charge in [0.1, 0.15) is 0 Å². The van der Waals surface area contributed by atoms with Gasteiger partial charge in [-0.1, -0.05) is 41.9 Å².